The third-order valence-electron chi connectivity index (χ3n) is 4.03. The van der Waals surface area contributed by atoms with Gasteiger partial charge in [-0.2, -0.15) is 25.9 Å². The molecule has 1 N–H and O–H groups in total. The Kier molecular flexibility index (Phi) is 4.55. The third-order valence-corrected chi connectivity index (χ3v) is 5.46. The van der Waals surface area contributed by atoms with Gasteiger partial charge in [-0.15, -0.1) is 0 Å². The molecule has 0 radical (unpaired) electrons. The number of hydrogen-bond donors (Lipinski definition) is 1. The maximum Gasteiger partial charge on any atom is 0.402 e. The van der Waals surface area contributed by atoms with Crippen molar-refractivity contribution in [3.63, 3.8) is 0 Å². The molecule has 0 saturated carbocycles. The Hall–Kier alpha value is -1.48. The molecule has 0 aliphatic carbocycles. The van der Waals surface area contributed by atoms with Crippen LogP contribution in [0.2, 0.25) is 0 Å². The zero-order chi connectivity index (χ0) is 17.6. The van der Waals surface area contributed by atoms with E-state index in [-0.39, 0.29) is 4.31 Å². The van der Waals surface area contributed by atoms with Crippen molar-refractivity contribution in [2.45, 2.75) is 32.5 Å². The molecule has 5 nitrogen and oxygen atoms in total. The number of nitrogens with one attached hydrogen (secondary N) is 1. The Morgan fingerprint density at radius 2 is 2.00 bits per heavy atom. The first kappa shape index (κ1) is 17.9. The van der Waals surface area contributed by atoms with Crippen molar-refractivity contribution in [3.05, 3.63) is 23.3 Å². The van der Waals surface area contributed by atoms with Crippen LogP contribution in [0, 0.1) is 6.92 Å². The van der Waals surface area contributed by atoms with Crippen molar-refractivity contribution < 1.29 is 21.6 Å². The van der Waals surface area contributed by atoms with Crippen LogP contribution in [0.4, 0.5) is 24.5 Å². The number of benzene rings is 1. The second-order valence-corrected chi connectivity index (χ2v) is 7.72. The molecule has 9 heteroatoms. The maximum absolute atomic E-state index is 12.4. The molecule has 0 spiro atoms. The molecule has 0 aromatic heterocycles. The van der Waals surface area contributed by atoms with Crippen molar-refractivity contribution >= 4 is 21.6 Å². The SMILES string of the molecule is Cc1cc2c(cc1NS(=O)(=O)N(C)CC(F)(F)F)N(C)C(C)C2. The van der Waals surface area contributed by atoms with Crippen LogP contribution in [0.5, 0.6) is 0 Å². The standard InChI is InChI=1S/C14H20F3N3O2S/c1-9-5-11-6-10(2)20(4)13(11)7-12(9)18-23(21,22)19(3)8-14(15,16)17/h5,7,10,18H,6,8H2,1-4H3. The average molecular weight is 351 g/mol. The van der Waals surface area contributed by atoms with Gasteiger partial charge < -0.3 is 4.90 Å². The van der Waals surface area contributed by atoms with E-state index in [0.717, 1.165) is 24.7 Å². The highest BCUT2D eigenvalue weighted by molar-refractivity contribution is 7.90. The van der Waals surface area contributed by atoms with Crippen LogP contribution in [-0.2, 0) is 16.6 Å². The van der Waals surface area contributed by atoms with Crippen molar-refractivity contribution in [2.24, 2.45) is 0 Å². The summed E-state index contributed by atoms with van der Waals surface area (Å²) in [5.74, 6) is 0. The lowest BCUT2D eigenvalue weighted by Gasteiger charge is -2.22. The molecule has 1 aliphatic heterocycles. The lowest BCUT2D eigenvalue weighted by Crippen LogP contribution is -2.39. The van der Waals surface area contributed by atoms with E-state index < -0.39 is 22.9 Å². The van der Waals surface area contributed by atoms with E-state index in [1.54, 1.807) is 13.0 Å². The molecule has 1 heterocycles. The summed E-state index contributed by atoms with van der Waals surface area (Å²) < 4.78 is 63.8. The van der Waals surface area contributed by atoms with Gasteiger partial charge in [-0.1, -0.05) is 6.07 Å². The van der Waals surface area contributed by atoms with Gasteiger partial charge in [0.15, 0.2) is 0 Å². The van der Waals surface area contributed by atoms with Gasteiger partial charge in [-0.05, 0) is 37.5 Å². The first-order valence-electron chi connectivity index (χ1n) is 7.08. The molecule has 1 atom stereocenters. The summed E-state index contributed by atoms with van der Waals surface area (Å²) in [6.45, 7) is 2.24. The van der Waals surface area contributed by atoms with E-state index in [1.807, 2.05) is 18.0 Å². The molecule has 1 aromatic carbocycles. The largest absolute Gasteiger partial charge is 0.402 e. The number of fused-ring (bicyclic) bond motifs is 1. The Labute approximate surface area is 134 Å². The first-order chi connectivity index (χ1) is 10.4. The molecular weight excluding hydrogens is 331 g/mol. The molecular formula is C14H20F3N3O2S. The van der Waals surface area contributed by atoms with Crippen LogP contribution in [0.25, 0.3) is 0 Å². The number of alkyl halides is 3. The average Bonchev–Trinajstić information content (AvgIpc) is 2.63. The van der Waals surface area contributed by atoms with Crippen LogP contribution in [0.3, 0.4) is 0 Å². The number of nitrogens with zero attached hydrogens (tertiary/aromatic N) is 2. The highest BCUT2D eigenvalue weighted by Crippen LogP contribution is 2.35. The van der Waals surface area contributed by atoms with E-state index in [4.69, 9.17) is 0 Å². The monoisotopic (exact) mass is 351 g/mol. The van der Waals surface area contributed by atoms with Gasteiger partial charge in [-0.3, -0.25) is 4.72 Å². The molecule has 0 fully saturated rings. The van der Waals surface area contributed by atoms with Crippen LogP contribution >= 0.6 is 0 Å². The van der Waals surface area contributed by atoms with E-state index in [0.29, 0.717) is 17.3 Å². The van der Waals surface area contributed by atoms with Crippen molar-refractivity contribution in [1.29, 1.82) is 0 Å². The van der Waals surface area contributed by atoms with Crippen LogP contribution in [-0.4, -0.2) is 45.6 Å². The van der Waals surface area contributed by atoms with Crippen molar-refractivity contribution in [2.75, 3.05) is 30.3 Å². The second-order valence-electron chi connectivity index (χ2n) is 5.94. The number of rotatable bonds is 4. The highest BCUT2D eigenvalue weighted by atomic mass is 32.2. The minimum Gasteiger partial charge on any atom is -0.371 e. The van der Waals surface area contributed by atoms with E-state index in [2.05, 4.69) is 11.6 Å². The summed E-state index contributed by atoms with van der Waals surface area (Å²) in [6, 6.07) is 3.84. The molecule has 0 bridgehead atoms. The van der Waals surface area contributed by atoms with E-state index in [9.17, 15) is 21.6 Å². The number of anilines is 2. The van der Waals surface area contributed by atoms with Gasteiger partial charge in [0.1, 0.15) is 6.54 Å². The lowest BCUT2D eigenvalue weighted by atomic mass is 10.1. The summed E-state index contributed by atoms with van der Waals surface area (Å²) in [5, 5.41) is 0. The molecule has 0 saturated heterocycles. The van der Waals surface area contributed by atoms with Gasteiger partial charge in [0, 0.05) is 25.8 Å². The summed E-state index contributed by atoms with van der Waals surface area (Å²) in [7, 11) is -1.47. The number of aryl methyl sites for hydroxylation is 1. The van der Waals surface area contributed by atoms with Crippen LogP contribution in [0.1, 0.15) is 18.1 Å². The quantitative estimate of drug-likeness (QED) is 0.907. The fourth-order valence-corrected chi connectivity index (χ4v) is 3.58. The number of likely N-dealkylation sites (N-methyl/N-ethyl adjacent to an activating group) is 1. The Bertz CT molecular complexity index is 704. The molecule has 1 aliphatic rings. The lowest BCUT2D eigenvalue weighted by molar-refractivity contribution is -0.134. The number of hydrogen-bond acceptors (Lipinski definition) is 3. The second kappa shape index (κ2) is 5.86. The Morgan fingerprint density at radius 3 is 2.57 bits per heavy atom. The van der Waals surface area contributed by atoms with Crippen LogP contribution in [0.15, 0.2) is 12.1 Å². The summed E-state index contributed by atoms with van der Waals surface area (Å²) >= 11 is 0. The van der Waals surface area contributed by atoms with Gasteiger partial charge in [-0.25, -0.2) is 0 Å². The van der Waals surface area contributed by atoms with Crippen molar-refractivity contribution in [1.82, 2.24) is 4.31 Å². The Morgan fingerprint density at radius 1 is 1.39 bits per heavy atom. The summed E-state index contributed by atoms with van der Waals surface area (Å²) in [4.78, 5) is 2.02. The van der Waals surface area contributed by atoms with Gasteiger partial charge >= 0.3 is 16.4 Å². The smallest absolute Gasteiger partial charge is 0.371 e. The summed E-state index contributed by atoms with van der Waals surface area (Å²) in [5.41, 5.74) is 2.96. The fourth-order valence-electron chi connectivity index (χ4n) is 2.61. The molecule has 130 valence electrons. The van der Waals surface area contributed by atoms with Gasteiger partial charge in [0.2, 0.25) is 0 Å². The Balaban J connectivity index is 2.27. The highest BCUT2D eigenvalue weighted by Gasteiger charge is 2.34. The molecule has 1 aromatic rings. The number of halogens is 3. The van der Waals surface area contributed by atoms with E-state index >= 15 is 0 Å². The zero-order valence-electron chi connectivity index (χ0n) is 13.4. The predicted octanol–water partition coefficient (Wildman–Crippen LogP) is 2.53. The molecule has 2 rings (SSSR count). The van der Waals surface area contributed by atoms with Crippen molar-refractivity contribution in [3.8, 4) is 0 Å². The minimum absolute atomic E-state index is 0.256. The van der Waals surface area contributed by atoms with Gasteiger partial charge in [0.25, 0.3) is 0 Å². The molecule has 1 unspecified atom stereocenters. The molecule has 0 amide bonds. The summed E-state index contributed by atoms with van der Waals surface area (Å²) in [6.07, 6.45) is -3.74. The molecule has 23 heavy (non-hydrogen) atoms. The predicted molar refractivity (Wildman–Crippen MR) is 84.0 cm³/mol. The fraction of sp³-hybridized carbons (Fsp3) is 0.571. The normalized spacial score (nSPS) is 18.4. The minimum atomic E-state index is -4.59. The third kappa shape index (κ3) is 3.89. The topological polar surface area (TPSA) is 52.7 Å². The zero-order valence-corrected chi connectivity index (χ0v) is 14.2. The maximum atomic E-state index is 12.4. The van der Waals surface area contributed by atoms with Gasteiger partial charge in [0.05, 0.1) is 5.69 Å². The van der Waals surface area contributed by atoms with Crippen LogP contribution < -0.4 is 9.62 Å². The van der Waals surface area contributed by atoms with E-state index in [1.165, 1.54) is 0 Å². The first-order valence-corrected chi connectivity index (χ1v) is 8.52.